The number of methoxy groups -OCH3 is 1. The van der Waals surface area contributed by atoms with Gasteiger partial charge < -0.3 is 9.84 Å². The van der Waals surface area contributed by atoms with Crippen molar-refractivity contribution in [3.05, 3.63) is 52.0 Å². The molecule has 2 aromatic carbocycles. The van der Waals surface area contributed by atoms with Crippen molar-refractivity contribution in [2.75, 3.05) is 7.11 Å². The molecule has 0 radical (unpaired) electrons. The van der Waals surface area contributed by atoms with Crippen molar-refractivity contribution in [1.29, 1.82) is 0 Å². The van der Waals surface area contributed by atoms with E-state index in [2.05, 4.69) is 45.9 Å². The van der Waals surface area contributed by atoms with E-state index >= 15 is 0 Å². The highest BCUT2D eigenvalue weighted by Crippen LogP contribution is 2.36. The van der Waals surface area contributed by atoms with Gasteiger partial charge in [0.15, 0.2) is 11.5 Å². The third-order valence-corrected chi connectivity index (χ3v) is 4.18. The van der Waals surface area contributed by atoms with E-state index in [1.807, 2.05) is 0 Å². The van der Waals surface area contributed by atoms with Gasteiger partial charge in [-0.25, -0.2) is 0 Å². The molecule has 0 aliphatic heterocycles. The third-order valence-electron chi connectivity index (χ3n) is 3.96. The number of aliphatic imine (C=N–C) groups is 1. The summed E-state index contributed by atoms with van der Waals surface area (Å²) in [6, 6.07) is 9.53. The monoisotopic (exact) mass is 345 g/mol. The zero-order valence-electron chi connectivity index (χ0n) is 14.8. The van der Waals surface area contributed by atoms with Gasteiger partial charge in [-0.1, -0.05) is 57.5 Å². The van der Waals surface area contributed by atoms with Crippen LogP contribution >= 0.6 is 11.6 Å². The molecule has 2 rings (SSSR count). The second-order valence-electron chi connectivity index (χ2n) is 6.40. The van der Waals surface area contributed by atoms with Crippen LogP contribution in [0.15, 0.2) is 35.3 Å². The number of halogens is 1. The number of phenolic OH excluding ortho intramolecular Hbond substituents is 1. The van der Waals surface area contributed by atoms with Crippen molar-refractivity contribution in [3.63, 3.8) is 0 Å². The summed E-state index contributed by atoms with van der Waals surface area (Å²) in [5.74, 6) is 1.10. The molecular weight excluding hydrogens is 322 g/mol. The fourth-order valence-corrected chi connectivity index (χ4v) is 2.86. The molecule has 0 amide bonds. The van der Waals surface area contributed by atoms with Gasteiger partial charge in [0.1, 0.15) is 0 Å². The van der Waals surface area contributed by atoms with Crippen LogP contribution in [-0.2, 0) is 0 Å². The largest absolute Gasteiger partial charge is 0.504 e. The Morgan fingerprint density at radius 3 is 2.17 bits per heavy atom. The van der Waals surface area contributed by atoms with Crippen LogP contribution in [0.1, 0.15) is 56.2 Å². The molecule has 0 fully saturated rings. The number of para-hydroxylation sites is 1. The Morgan fingerprint density at radius 2 is 1.67 bits per heavy atom. The van der Waals surface area contributed by atoms with Crippen molar-refractivity contribution in [2.45, 2.75) is 39.5 Å². The number of ether oxygens (including phenoxy) is 1. The number of benzene rings is 2. The van der Waals surface area contributed by atoms with Crippen molar-refractivity contribution in [3.8, 4) is 11.5 Å². The Bertz CT molecular complexity index is 725. The van der Waals surface area contributed by atoms with Gasteiger partial charge in [-0.05, 0) is 29.0 Å². The summed E-state index contributed by atoms with van der Waals surface area (Å²) < 4.78 is 5.15. The van der Waals surface area contributed by atoms with Crippen LogP contribution in [0, 0.1) is 0 Å². The summed E-state index contributed by atoms with van der Waals surface area (Å²) in [7, 11) is 1.50. The minimum Gasteiger partial charge on any atom is -0.504 e. The number of aromatic hydroxyl groups is 1. The van der Waals surface area contributed by atoms with Gasteiger partial charge in [0.05, 0.1) is 12.8 Å². The predicted octanol–water partition coefficient (Wildman–Crippen LogP) is 6.05. The highest BCUT2D eigenvalue weighted by atomic mass is 35.5. The third kappa shape index (κ3) is 3.90. The molecule has 3 nitrogen and oxygen atoms in total. The van der Waals surface area contributed by atoms with Crippen LogP contribution in [0.2, 0.25) is 5.02 Å². The molecular formula is C20H24ClNO2. The summed E-state index contributed by atoms with van der Waals surface area (Å²) in [5.41, 5.74) is 3.87. The number of nitrogens with zero attached hydrogens (tertiary/aromatic N) is 1. The molecule has 0 aliphatic rings. The average molecular weight is 346 g/mol. The van der Waals surface area contributed by atoms with E-state index < -0.39 is 0 Å². The van der Waals surface area contributed by atoms with Gasteiger partial charge in [0.25, 0.3) is 0 Å². The lowest BCUT2D eigenvalue weighted by Crippen LogP contribution is -1.96. The van der Waals surface area contributed by atoms with E-state index in [-0.39, 0.29) is 5.75 Å². The van der Waals surface area contributed by atoms with Gasteiger partial charge in [0, 0.05) is 22.9 Å². The minimum atomic E-state index is 0.0405. The fraction of sp³-hybridized carbons (Fsp3) is 0.350. The van der Waals surface area contributed by atoms with Crippen LogP contribution in [0.4, 0.5) is 5.69 Å². The molecule has 1 N–H and O–H groups in total. The lowest BCUT2D eigenvalue weighted by molar-refractivity contribution is 0.373. The summed E-state index contributed by atoms with van der Waals surface area (Å²) >= 11 is 6.09. The minimum absolute atomic E-state index is 0.0405. The van der Waals surface area contributed by atoms with E-state index in [1.165, 1.54) is 18.2 Å². The molecule has 24 heavy (non-hydrogen) atoms. The van der Waals surface area contributed by atoms with E-state index in [4.69, 9.17) is 21.3 Å². The summed E-state index contributed by atoms with van der Waals surface area (Å²) in [5, 5.41) is 10.8. The maximum atomic E-state index is 10.3. The predicted molar refractivity (Wildman–Crippen MR) is 102 cm³/mol. The molecule has 4 heteroatoms. The summed E-state index contributed by atoms with van der Waals surface area (Å²) in [4.78, 5) is 4.70. The van der Waals surface area contributed by atoms with Gasteiger partial charge >= 0.3 is 0 Å². The molecule has 0 saturated heterocycles. The van der Waals surface area contributed by atoms with Crippen molar-refractivity contribution < 1.29 is 9.84 Å². The van der Waals surface area contributed by atoms with Crippen LogP contribution < -0.4 is 4.74 Å². The van der Waals surface area contributed by atoms with E-state index in [1.54, 1.807) is 18.3 Å². The molecule has 0 aliphatic carbocycles. The first kappa shape index (κ1) is 18.3. The highest BCUT2D eigenvalue weighted by molar-refractivity contribution is 6.31. The van der Waals surface area contributed by atoms with Gasteiger partial charge in [0.2, 0.25) is 0 Å². The van der Waals surface area contributed by atoms with Crippen LogP contribution in [0.25, 0.3) is 0 Å². The molecule has 128 valence electrons. The fourth-order valence-electron chi connectivity index (χ4n) is 2.64. The van der Waals surface area contributed by atoms with E-state index in [9.17, 15) is 5.11 Å². The summed E-state index contributed by atoms with van der Waals surface area (Å²) in [6.45, 7) is 8.60. The Morgan fingerprint density at radius 1 is 1.08 bits per heavy atom. The van der Waals surface area contributed by atoms with Crippen molar-refractivity contribution in [2.24, 2.45) is 4.99 Å². The maximum absolute atomic E-state index is 10.3. The molecule has 0 heterocycles. The Hall–Kier alpha value is -2.00. The summed E-state index contributed by atoms with van der Waals surface area (Å²) in [6.07, 6.45) is 1.65. The number of hydrogen-bond donors (Lipinski definition) is 1. The normalized spacial score (nSPS) is 11.7. The van der Waals surface area contributed by atoms with Crippen molar-refractivity contribution in [1.82, 2.24) is 0 Å². The Kier molecular flexibility index (Phi) is 5.89. The number of hydrogen-bond acceptors (Lipinski definition) is 3. The van der Waals surface area contributed by atoms with Crippen LogP contribution in [0.5, 0.6) is 11.5 Å². The molecule has 0 unspecified atom stereocenters. The Balaban J connectivity index is 2.55. The second-order valence-corrected chi connectivity index (χ2v) is 6.83. The maximum Gasteiger partial charge on any atom is 0.166 e. The highest BCUT2D eigenvalue weighted by Gasteiger charge is 2.13. The smallest absolute Gasteiger partial charge is 0.166 e. The molecule has 0 aromatic heterocycles. The molecule has 0 spiro atoms. The van der Waals surface area contributed by atoms with Gasteiger partial charge in [-0.3, -0.25) is 4.99 Å². The standard InChI is InChI=1S/C20H24ClNO2/c1-12(2)16-7-6-8-17(13(3)4)19(16)22-11-14-9-15(21)10-18(24-5)20(14)23/h6-13,23H,1-5H3. The molecule has 2 aromatic rings. The first-order chi connectivity index (χ1) is 11.3. The lowest BCUT2D eigenvalue weighted by atomic mass is 9.93. The first-order valence-corrected chi connectivity index (χ1v) is 8.46. The number of rotatable bonds is 5. The second kappa shape index (κ2) is 7.71. The van der Waals surface area contributed by atoms with Crippen molar-refractivity contribution >= 4 is 23.5 Å². The average Bonchev–Trinajstić information content (AvgIpc) is 2.54. The topological polar surface area (TPSA) is 41.8 Å². The first-order valence-electron chi connectivity index (χ1n) is 8.08. The van der Waals surface area contributed by atoms with Crippen LogP contribution in [-0.4, -0.2) is 18.4 Å². The van der Waals surface area contributed by atoms with E-state index in [0.717, 1.165) is 5.69 Å². The van der Waals surface area contributed by atoms with Gasteiger partial charge in [-0.15, -0.1) is 0 Å². The van der Waals surface area contributed by atoms with E-state index in [0.29, 0.717) is 28.2 Å². The zero-order chi connectivity index (χ0) is 17.9. The molecule has 0 bridgehead atoms. The van der Waals surface area contributed by atoms with Gasteiger partial charge in [-0.2, -0.15) is 0 Å². The molecule has 0 saturated carbocycles. The quantitative estimate of drug-likeness (QED) is 0.670. The Labute approximate surface area is 149 Å². The zero-order valence-corrected chi connectivity index (χ0v) is 15.6. The SMILES string of the molecule is COc1cc(Cl)cc(C=Nc2c(C(C)C)cccc2C(C)C)c1O. The lowest BCUT2D eigenvalue weighted by Gasteiger charge is -2.16. The van der Waals surface area contributed by atoms with Crippen LogP contribution in [0.3, 0.4) is 0 Å². The number of phenols is 1. The molecule has 0 atom stereocenters.